The summed E-state index contributed by atoms with van der Waals surface area (Å²) in [5, 5.41) is 7.38. The molecule has 0 radical (unpaired) electrons. The van der Waals surface area contributed by atoms with Crippen molar-refractivity contribution in [2.75, 3.05) is 13.1 Å². The summed E-state index contributed by atoms with van der Waals surface area (Å²) in [6.07, 6.45) is 7.30. The molecule has 2 aromatic carbocycles. The van der Waals surface area contributed by atoms with Crippen molar-refractivity contribution < 1.29 is 0 Å². The Balaban J connectivity index is 1.55. The van der Waals surface area contributed by atoms with Crippen molar-refractivity contribution in [2.45, 2.75) is 12.8 Å². The summed E-state index contributed by atoms with van der Waals surface area (Å²) < 4.78 is 0.978. The molecule has 0 unspecified atom stereocenters. The first-order valence-electron chi connectivity index (χ1n) is 9.04. The molecule has 0 aliphatic heterocycles. The Hall–Kier alpha value is -2.50. The summed E-state index contributed by atoms with van der Waals surface area (Å²) in [6, 6.07) is 14.3. The van der Waals surface area contributed by atoms with E-state index in [1.54, 1.807) is 12.4 Å². The molecule has 5 heteroatoms. The van der Waals surface area contributed by atoms with Crippen LogP contribution in [0.4, 0.5) is 0 Å². The van der Waals surface area contributed by atoms with Crippen molar-refractivity contribution in [3.05, 3.63) is 87.0 Å². The largest absolute Gasteiger partial charge is 0.329 e. The number of pyridine rings is 2. The van der Waals surface area contributed by atoms with Gasteiger partial charge < -0.3 is 10.3 Å². The van der Waals surface area contributed by atoms with Crippen LogP contribution in [0.25, 0.3) is 21.5 Å². The minimum atomic E-state index is -0.0447. The number of benzene rings is 2. The van der Waals surface area contributed by atoms with Crippen LogP contribution in [-0.2, 0) is 12.8 Å². The fourth-order valence-electron chi connectivity index (χ4n) is 3.49. The number of hydrogen-bond donors (Lipinski definition) is 2. The van der Waals surface area contributed by atoms with Gasteiger partial charge in [-0.1, -0.05) is 34.1 Å². The average Bonchev–Trinajstić information content (AvgIpc) is 2.68. The van der Waals surface area contributed by atoms with Gasteiger partial charge in [0.1, 0.15) is 0 Å². The summed E-state index contributed by atoms with van der Waals surface area (Å²) in [5.41, 5.74) is 2.45. The minimum absolute atomic E-state index is 0.0447. The van der Waals surface area contributed by atoms with E-state index in [4.69, 9.17) is 0 Å². The third-order valence-corrected chi connectivity index (χ3v) is 5.30. The van der Waals surface area contributed by atoms with Crippen LogP contribution in [-0.4, -0.2) is 23.1 Å². The molecular weight excluding hydrogens is 402 g/mol. The Labute approximate surface area is 165 Å². The van der Waals surface area contributed by atoms with Crippen LogP contribution in [0, 0.1) is 0 Å². The van der Waals surface area contributed by atoms with Gasteiger partial charge in [-0.25, -0.2) is 0 Å². The maximum Gasteiger partial charge on any atom is 0.256 e. The van der Waals surface area contributed by atoms with Gasteiger partial charge in [-0.15, -0.1) is 0 Å². The summed E-state index contributed by atoms with van der Waals surface area (Å²) in [5.74, 6) is 0. The molecule has 0 atom stereocenters. The van der Waals surface area contributed by atoms with Gasteiger partial charge in [0.05, 0.1) is 5.39 Å². The van der Waals surface area contributed by atoms with Crippen LogP contribution >= 0.6 is 15.9 Å². The third kappa shape index (κ3) is 3.94. The monoisotopic (exact) mass is 421 g/mol. The van der Waals surface area contributed by atoms with Gasteiger partial charge in [-0.2, -0.15) is 0 Å². The number of nitrogens with zero attached hydrogens (tertiary/aromatic N) is 1. The van der Waals surface area contributed by atoms with E-state index in [9.17, 15) is 4.79 Å². The molecular formula is C22H20BrN3O. The summed E-state index contributed by atoms with van der Waals surface area (Å²) in [6.45, 7) is 1.81. The quantitative estimate of drug-likeness (QED) is 0.362. The molecule has 2 N–H and O–H groups in total. The van der Waals surface area contributed by atoms with E-state index in [2.05, 4.69) is 49.4 Å². The Bertz CT molecular complexity index is 1140. The smallest absolute Gasteiger partial charge is 0.256 e. The van der Waals surface area contributed by atoms with E-state index < -0.39 is 0 Å². The molecule has 0 aliphatic carbocycles. The van der Waals surface area contributed by atoms with Gasteiger partial charge >= 0.3 is 0 Å². The molecule has 0 saturated heterocycles. The molecule has 0 aliphatic rings. The van der Waals surface area contributed by atoms with E-state index in [0.29, 0.717) is 0 Å². The molecule has 2 aromatic heterocycles. The predicted molar refractivity (Wildman–Crippen MR) is 114 cm³/mol. The van der Waals surface area contributed by atoms with Crippen molar-refractivity contribution in [3.8, 4) is 0 Å². The Kier molecular flexibility index (Phi) is 5.32. The van der Waals surface area contributed by atoms with Crippen LogP contribution in [0.1, 0.15) is 11.1 Å². The third-order valence-electron chi connectivity index (χ3n) is 4.80. The van der Waals surface area contributed by atoms with Crippen LogP contribution in [0.15, 0.2) is 70.3 Å². The maximum atomic E-state index is 12.4. The van der Waals surface area contributed by atoms with Gasteiger partial charge in [-0.3, -0.25) is 9.78 Å². The van der Waals surface area contributed by atoms with Crippen molar-refractivity contribution in [1.82, 2.24) is 15.3 Å². The average molecular weight is 422 g/mol. The standard InChI is InChI=1S/C22H20BrN3O/c23-18-3-4-19-16(6-10-24-9-5-15-2-1-8-25-14-15)12-17-7-11-26-22(27)21(17)20(19)13-18/h1-4,7-8,11-14,24H,5-6,9-10H2,(H,26,27). The lowest BCUT2D eigenvalue weighted by atomic mass is 9.96. The molecule has 2 heterocycles. The fourth-order valence-corrected chi connectivity index (χ4v) is 3.86. The van der Waals surface area contributed by atoms with Gasteiger partial charge in [0.2, 0.25) is 0 Å². The molecule has 0 saturated carbocycles. The highest BCUT2D eigenvalue weighted by molar-refractivity contribution is 9.10. The lowest BCUT2D eigenvalue weighted by molar-refractivity contribution is 0.682. The van der Waals surface area contributed by atoms with Gasteiger partial charge in [0, 0.05) is 23.1 Å². The first-order valence-corrected chi connectivity index (χ1v) is 9.84. The van der Waals surface area contributed by atoms with Crippen LogP contribution in [0.3, 0.4) is 0 Å². The number of halogens is 1. The Morgan fingerprint density at radius 3 is 2.78 bits per heavy atom. The van der Waals surface area contributed by atoms with E-state index in [0.717, 1.165) is 51.9 Å². The Morgan fingerprint density at radius 1 is 1.04 bits per heavy atom. The van der Waals surface area contributed by atoms with Crippen molar-refractivity contribution in [3.63, 3.8) is 0 Å². The molecule has 0 fully saturated rings. The van der Waals surface area contributed by atoms with E-state index >= 15 is 0 Å². The number of aromatic nitrogens is 2. The second-order valence-electron chi connectivity index (χ2n) is 6.61. The van der Waals surface area contributed by atoms with Crippen LogP contribution in [0.5, 0.6) is 0 Å². The summed E-state index contributed by atoms with van der Waals surface area (Å²) in [4.78, 5) is 19.3. The molecule has 4 aromatic rings. The van der Waals surface area contributed by atoms with Gasteiger partial charge in [0.25, 0.3) is 5.56 Å². The van der Waals surface area contributed by atoms with Crippen molar-refractivity contribution >= 4 is 37.5 Å². The van der Waals surface area contributed by atoms with E-state index in [1.807, 2.05) is 30.5 Å². The zero-order valence-corrected chi connectivity index (χ0v) is 16.4. The van der Waals surface area contributed by atoms with Gasteiger partial charge in [0.15, 0.2) is 0 Å². The summed E-state index contributed by atoms with van der Waals surface area (Å²) in [7, 11) is 0. The highest BCUT2D eigenvalue weighted by atomic mass is 79.9. The lowest BCUT2D eigenvalue weighted by Crippen LogP contribution is -2.20. The lowest BCUT2D eigenvalue weighted by Gasteiger charge is -2.11. The second kappa shape index (κ2) is 8.03. The molecule has 27 heavy (non-hydrogen) atoms. The van der Waals surface area contributed by atoms with Crippen LogP contribution < -0.4 is 10.9 Å². The van der Waals surface area contributed by atoms with E-state index in [-0.39, 0.29) is 5.56 Å². The molecule has 0 spiro atoms. The minimum Gasteiger partial charge on any atom is -0.329 e. The first-order chi connectivity index (χ1) is 13.2. The topological polar surface area (TPSA) is 57.8 Å². The SMILES string of the molecule is O=c1[nH]ccc2cc(CCNCCc3cccnc3)c3ccc(Br)cc3c12. The number of aromatic amines is 1. The van der Waals surface area contributed by atoms with Crippen molar-refractivity contribution in [1.29, 1.82) is 0 Å². The second-order valence-corrected chi connectivity index (χ2v) is 7.52. The maximum absolute atomic E-state index is 12.4. The molecule has 0 amide bonds. The van der Waals surface area contributed by atoms with Crippen LogP contribution in [0.2, 0.25) is 0 Å². The zero-order valence-electron chi connectivity index (χ0n) is 14.8. The molecule has 4 nitrogen and oxygen atoms in total. The first kappa shape index (κ1) is 17.9. The van der Waals surface area contributed by atoms with Crippen molar-refractivity contribution in [2.24, 2.45) is 0 Å². The normalized spacial score (nSPS) is 11.3. The molecule has 136 valence electrons. The van der Waals surface area contributed by atoms with E-state index in [1.165, 1.54) is 11.1 Å². The number of nitrogens with one attached hydrogen (secondary N) is 2. The molecule has 0 bridgehead atoms. The highest BCUT2D eigenvalue weighted by Gasteiger charge is 2.10. The number of fused-ring (bicyclic) bond motifs is 3. The number of rotatable bonds is 6. The predicted octanol–water partition coefficient (Wildman–Crippen LogP) is 4.21. The summed E-state index contributed by atoms with van der Waals surface area (Å²) >= 11 is 3.53. The number of hydrogen-bond acceptors (Lipinski definition) is 3. The number of H-pyrrole nitrogens is 1. The van der Waals surface area contributed by atoms with Gasteiger partial charge in [-0.05, 0) is 77.5 Å². The zero-order chi connectivity index (χ0) is 18.6. The highest BCUT2D eigenvalue weighted by Crippen LogP contribution is 2.29. The Morgan fingerprint density at radius 2 is 1.93 bits per heavy atom. The molecule has 4 rings (SSSR count). The fraction of sp³-hybridized carbons (Fsp3) is 0.182.